The highest BCUT2D eigenvalue weighted by Crippen LogP contribution is 2.48. The number of allylic oxidation sites excluding steroid dienone is 2. The summed E-state index contributed by atoms with van der Waals surface area (Å²) in [6, 6.07) is 17.5. The van der Waals surface area contributed by atoms with E-state index in [2.05, 4.69) is 106 Å². The molecule has 0 bridgehead atoms. The molecule has 0 fully saturated rings. The molecule has 2 nitrogen and oxygen atoms in total. The Labute approximate surface area is 151 Å². The summed E-state index contributed by atoms with van der Waals surface area (Å²) in [7, 11) is 4.38. The number of benzene rings is 2. The fraction of sp³-hybridized carbons (Fsp3) is 0.348. The summed E-state index contributed by atoms with van der Waals surface area (Å²) < 4.78 is 2.36. The maximum atomic E-state index is 2.42. The highest BCUT2D eigenvalue weighted by atomic mass is 15.2. The van der Waals surface area contributed by atoms with Gasteiger partial charge in [-0.25, -0.2) is 0 Å². The summed E-state index contributed by atoms with van der Waals surface area (Å²) in [6.07, 6.45) is 2.42. The number of likely N-dealkylation sites (N-methyl/N-ethyl adjacent to an activating group) is 1. The molecule has 0 N–H and O–H groups in total. The fourth-order valence-electron chi connectivity index (χ4n) is 4.65. The summed E-state index contributed by atoms with van der Waals surface area (Å²) in [5, 5.41) is 0. The minimum Gasteiger partial charge on any atom is -0.347 e. The molecule has 0 saturated carbocycles. The fourth-order valence-corrected chi connectivity index (χ4v) is 4.65. The van der Waals surface area contributed by atoms with Crippen molar-refractivity contribution >= 4 is 17.1 Å². The zero-order valence-corrected chi connectivity index (χ0v) is 16.1. The smallest absolute Gasteiger partial charge is 0.209 e. The Morgan fingerprint density at radius 2 is 1.44 bits per heavy atom. The van der Waals surface area contributed by atoms with Crippen LogP contribution in [0.4, 0.5) is 11.4 Å². The van der Waals surface area contributed by atoms with Crippen LogP contribution in [0.25, 0.3) is 0 Å². The molecule has 0 amide bonds. The molecular formula is C23H27N2+. The van der Waals surface area contributed by atoms with Crippen molar-refractivity contribution in [1.82, 2.24) is 0 Å². The van der Waals surface area contributed by atoms with Gasteiger partial charge in [0.15, 0.2) is 5.71 Å². The molecule has 25 heavy (non-hydrogen) atoms. The first-order chi connectivity index (χ1) is 11.8. The van der Waals surface area contributed by atoms with Crippen molar-refractivity contribution in [2.45, 2.75) is 38.5 Å². The van der Waals surface area contributed by atoms with Crippen molar-refractivity contribution in [1.29, 1.82) is 0 Å². The summed E-state index contributed by atoms with van der Waals surface area (Å²) in [4.78, 5) is 2.36. The summed E-state index contributed by atoms with van der Waals surface area (Å²) in [6.45, 7) is 9.32. The topological polar surface area (TPSA) is 6.25 Å². The Bertz CT molecular complexity index is 929. The molecule has 2 aromatic carbocycles. The SMILES string of the molecule is CN1/C(=C/C2=[N+](C)c3ccccc3C2(C)C)C(C)(C)c2ccccc21. The van der Waals surface area contributed by atoms with Crippen LogP contribution in [0.5, 0.6) is 0 Å². The van der Waals surface area contributed by atoms with Gasteiger partial charge in [-0.2, -0.15) is 4.58 Å². The zero-order chi connectivity index (χ0) is 18.0. The average Bonchev–Trinajstić information content (AvgIpc) is 2.90. The number of para-hydroxylation sites is 2. The van der Waals surface area contributed by atoms with Gasteiger partial charge in [-0.05, 0) is 25.5 Å². The van der Waals surface area contributed by atoms with Crippen LogP contribution >= 0.6 is 0 Å². The number of hydrogen-bond acceptors (Lipinski definition) is 1. The van der Waals surface area contributed by atoms with Crippen LogP contribution < -0.4 is 4.90 Å². The van der Waals surface area contributed by atoms with E-state index in [0.29, 0.717) is 0 Å². The Kier molecular flexibility index (Phi) is 3.28. The first-order valence-electron chi connectivity index (χ1n) is 9.02. The number of anilines is 1. The molecule has 2 heterocycles. The van der Waals surface area contributed by atoms with Gasteiger partial charge in [0.2, 0.25) is 5.69 Å². The largest absolute Gasteiger partial charge is 0.347 e. The third-order valence-corrected chi connectivity index (χ3v) is 6.15. The summed E-state index contributed by atoms with van der Waals surface area (Å²) >= 11 is 0. The molecular weight excluding hydrogens is 304 g/mol. The summed E-state index contributed by atoms with van der Waals surface area (Å²) in [5.74, 6) is 0. The van der Waals surface area contributed by atoms with Crippen molar-refractivity contribution in [3.05, 3.63) is 71.4 Å². The van der Waals surface area contributed by atoms with Crippen LogP contribution in [0.1, 0.15) is 38.8 Å². The minimum atomic E-state index is 0.00401. The van der Waals surface area contributed by atoms with Gasteiger partial charge >= 0.3 is 0 Å². The van der Waals surface area contributed by atoms with Crippen molar-refractivity contribution in [3.63, 3.8) is 0 Å². The Morgan fingerprint density at radius 3 is 2.08 bits per heavy atom. The number of rotatable bonds is 1. The van der Waals surface area contributed by atoms with Gasteiger partial charge in [0.05, 0.1) is 5.41 Å². The highest BCUT2D eigenvalue weighted by Gasteiger charge is 2.46. The maximum Gasteiger partial charge on any atom is 0.209 e. The predicted octanol–water partition coefficient (Wildman–Crippen LogP) is 5.00. The van der Waals surface area contributed by atoms with E-state index in [-0.39, 0.29) is 10.8 Å². The lowest BCUT2D eigenvalue weighted by molar-refractivity contribution is -0.401. The number of nitrogens with zero attached hydrogens (tertiary/aromatic N) is 2. The Hall–Kier alpha value is -2.35. The average molecular weight is 331 g/mol. The second-order valence-corrected chi connectivity index (χ2v) is 8.32. The van der Waals surface area contributed by atoms with E-state index < -0.39 is 0 Å². The molecule has 0 unspecified atom stereocenters. The molecule has 2 aliphatic rings. The molecule has 0 saturated heterocycles. The quantitative estimate of drug-likeness (QED) is 0.666. The zero-order valence-electron chi connectivity index (χ0n) is 16.1. The van der Waals surface area contributed by atoms with E-state index in [1.165, 1.54) is 33.9 Å². The normalized spacial score (nSPS) is 21.7. The second kappa shape index (κ2) is 5.08. The molecule has 2 aromatic rings. The van der Waals surface area contributed by atoms with E-state index in [0.717, 1.165) is 0 Å². The Morgan fingerprint density at radius 1 is 0.840 bits per heavy atom. The number of fused-ring (bicyclic) bond motifs is 2. The molecule has 128 valence electrons. The third kappa shape index (κ3) is 2.06. The first-order valence-corrected chi connectivity index (χ1v) is 9.02. The molecule has 0 aromatic heterocycles. The van der Waals surface area contributed by atoms with Crippen molar-refractivity contribution in [2.24, 2.45) is 0 Å². The highest BCUT2D eigenvalue weighted by molar-refractivity contribution is 6.04. The lowest BCUT2D eigenvalue weighted by atomic mass is 9.78. The molecule has 0 aliphatic carbocycles. The lowest BCUT2D eigenvalue weighted by Gasteiger charge is -2.25. The first kappa shape index (κ1) is 16.1. The monoisotopic (exact) mass is 331 g/mol. The van der Waals surface area contributed by atoms with E-state index in [1.54, 1.807) is 0 Å². The van der Waals surface area contributed by atoms with Gasteiger partial charge in [-0.15, -0.1) is 0 Å². The molecule has 2 heteroatoms. The second-order valence-electron chi connectivity index (χ2n) is 8.32. The van der Waals surface area contributed by atoms with E-state index in [1.807, 2.05) is 0 Å². The van der Waals surface area contributed by atoms with Gasteiger partial charge in [-0.1, -0.05) is 50.2 Å². The van der Waals surface area contributed by atoms with E-state index in [9.17, 15) is 0 Å². The van der Waals surface area contributed by atoms with Crippen molar-refractivity contribution < 1.29 is 4.58 Å². The van der Waals surface area contributed by atoms with Gasteiger partial charge < -0.3 is 4.90 Å². The summed E-state index contributed by atoms with van der Waals surface area (Å²) in [5.41, 5.74) is 8.16. The van der Waals surface area contributed by atoms with Gasteiger partial charge in [0, 0.05) is 41.6 Å². The van der Waals surface area contributed by atoms with Crippen LogP contribution in [0.2, 0.25) is 0 Å². The Balaban J connectivity index is 1.90. The van der Waals surface area contributed by atoms with Crippen LogP contribution in [-0.4, -0.2) is 24.4 Å². The molecule has 0 atom stereocenters. The van der Waals surface area contributed by atoms with Crippen LogP contribution in [0, 0.1) is 0 Å². The van der Waals surface area contributed by atoms with Crippen molar-refractivity contribution in [3.8, 4) is 0 Å². The van der Waals surface area contributed by atoms with E-state index >= 15 is 0 Å². The number of hydrogen-bond donors (Lipinski definition) is 0. The molecule has 4 rings (SSSR count). The van der Waals surface area contributed by atoms with Crippen LogP contribution in [-0.2, 0) is 10.8 Å². The minimum absolute atomic E-state index is 0.00401. The van der Waals surface area contributed by atoms with Gasteiger partial charge in [0.25, 0.3) is 0 Å². The van der Waals surface area contributed by atoms with Crippen LogP contribution in [0.3, 0.4) is 0 Å². The maximum absolute atomic E-state index is 2.42. The predicted molar refractivity (Wildman–Crippen MR) is 106 cm³/mol. The standard InChI is InChI=1S/C23H27N2/c1-22(2)16-11-7-9-13-18(16)24(5)20(22)15-21-23(3,4)17-12-8-10-14-19(17)25(21)6/h7-15H,1-6H3/q+1. The van der Waals surface area contributed by atoms with Gasteiger partial charge in [-0.3, -0.25) is 0 Å². The van der Waals surface area contributed by atoms with Crippen molar-refractivity contribution in [2.75, 3.05) is 19.0 Å². The molecule has 0 spiro atoms. The van der Waals surface area contributed by atoms with Crippen LogP contribution in [0.15, 0.2) is 60.3 Å². The third-order valence-electron chi connectivity index (χ3n) is 6.15. The molecule has 0 radical (unpaired) electrons. The van der Waals surface area contributed by atoms with Gasteiger partial charge in [0.1, 0.15) is 7.05 Å². The van der Waals surface area contributed by atoms with E-state index in [4.69, 9.17) is 0 Å². The lowest BCUT2D eigenvalue weighted by Crippen LogP contribution is -2.31. The molecule has 2 aliphatic heterocycles.